The Morgan fingerprint density at radius 2 is 1.96 bits per heavy atom. The highest BCUT2D eigenvalue weighted by atomic mass is 15.2. The Morgan fingerprint density at radius 1 is 1.17 bits per heavy atom. The zero-order valence-electron chi connectivity index (χ0n) is 15.3. The van der Waals surface area contributed by atoms with Gasteiger partial charge in [0, 0.05) is 45.0 Å². The highest BCUT2D eigenvalue weighted by Gasteiger charge is 2.24. The van der Waals surface area contributed by atoms with Crippen molar-refractivity contribution >= 4 is 11.6 Å². The van der Waals surface area contributed by atoms with Gasteiger partial charge in [0.15, 0.2) is 5.96 Å². The molecule has 2 aliphatic rings. The molecule has 0 aliphatic carbocycles. The van der Waals surface area contributed by atoms with E-state index < -0.39 is 0 Å². The molecular weight excluding hydrogens is 298 g/mol. The van der Waals surface area contributed by atoms with Crippen LogP contribution >= 0.6 is 0 Å². The van der Waals surface area contributed by atoms with Crippen LogP contribution in [0.3, 0.4) is 0 Å². The molecule has 2 heterocycles. The minimum atomic E-state index is 0.462. The number of hydrogen-bond donors (Lipinski definition) is 2. The number of nitrogens with one attached hydrogen (secondary N) is 2. The van der Waals surface area contributed by atoms with Gasteiger partial charge in [-0.05, 0) is 51.4 Å². The topological polar surface area (TPSA) is 42.9 Å². The van der Waals surface area contributed by atoms with Gasteiger partial charge in [0.1, 0.15) is 0 Å². The summed E-state index contributed by atoms with van der Waals surface area (Å²) >= 11 is 0. The van der Waals surface area contributed by atoms with Gasteiger partial charge in [0.25, 0.3) is 0 Å². The van der Waals surface area contributed by atoms with E-state index in [0.29, 0.717) is 6.04 Å². The fraction of sp³-hybridized carbons (Fsp3) is 0.632. The first-order chi connectivity index (χ1) is 11.6. The van der Waals surface area contributed by atoms with E-state index in [4.69, 9.17) is 0 Å². The first kappa shape index (κ1) is 17.1. The van der Waals surface area contributed by atoms with E-state index in [9.17, 15) is 0 Å². The molecule has 1 aromatic carbocycles. The number of aliphatic imine (C=N–C) groups is 1. The molecule has 2 N–H and O–H groups in total. The molecule has 0 aromatic heterocycles. The molecule has 1 aromatic rings. The molecule has 2 saturated heterocycles. The number of hydrogen-bond acceptors (Lipinski definition) is 3. The second-order valence-corrected chi connectivity index (χ2v) is 7.28. The van der Waals surface area contributed by atoms with Crippen molar-refractivity contribution in [3.8, 4) is 0 Å². The number of anilines is 1. The molecule has 24 heavy (non-hydrogen) atoms. The minimum Gasteiger partial charge on any atom is -0.369 e. The van der Waals surface area contributed by atoms with E-state index in [-0.39, 0.29) is 0 Å². The third kappa shape index (κ3) is 4.41. The van der Waals surface area contributed by atoms with Gasteiger partial charge in [-0.25, -0.2) is 0 Å². The van der Waals surface area contributed by atoms with Gasteiger partial charge in [-0.15, -0.1) is 0 Å². The molecule has 0 bridgehead atoms. The summed E-state index contributed by atoms with van der Waals surface area (Å²) in [4.78, 5) is 9.26. The number of guanidine groups is 1. The van der Waals surface area contributed by atoms with Gasteiger partial charge < -0.3 is 20.4 Å². The molecule has 2 fully saturated rings. The second-order valence-electron chi connectivity index (χ2n) is 7.28. The number of rotatable bonds is 4. The molecule has 132 valence electrons. The molecule has 0 amide bonds. The lowest BCUT2D eigenvalue weighted by molar-refractivity contribution is 0.393. The molecule has 2 unspecified atom stereocenters. The van der Waals surface area contributed by atoms with E-state index in [0.717, 1.165) is 37.9 Å². The van der Waals surface area contributed by atoms with Crippen molar-refractivity contribution in [2.75, 3.05) is 51.7 Å². The van der Waals surface area contributed by atoms with Crippen molar-refractivity contribution in [3.05, 3.63) is 29.8 Å². The van der Waals surface area contributed by atoms with Crippen molar-refractivity contribution < 1.29 is 0 Å². The van der Waals surface area contributed by atoms with E-state index >= 15 is 0 Å². The molecule has 3 rings (SSSR count). The number of nitrogens with zero attached hydrogens (tertiary/aromatic N) is 3. The van der Waals surface area contributed by atoms with Crippen LogP contribution in [0, 0.1) is 12.8 Å². The normalized spacial score (nSPS) is 25.3. The van der Waals surface area contributed by atoms with Gasteiger partial charge in [-0.3, -0.25) is 4.99 Å². The van der Waals surface area contributed by atoms with Crippen LogP contribution in [-0.2, 0) is 0 Å². The van der Waals surface area contributed by atoms with Gasteiger partial charge >= 0.3 is 0 Å². The predicted molar refractivity (Wildman–Crippen MR) is 102 cm³/mol. The third-order valence-corrected chi connectivity index (χ3v) is 5.20. The molecule has 0 radical (unpaired) electrons. The van der Waals surface area contributed by atoms with Crippen molar-refractivity contribution in [3.63, 3.8) is 0 Å². The summed E-state index contributed by atoms with van der Waals surface area (Å²) in [5, 5.41) is 7.11. The fourth-order valence-electron chi connectivity index (χ4n) is 3.69. The molecule has 0 saturated carbocycles. The van der Waals surface area contributed by atoms with E-state index in [1.54, 1.807) is 0 Å². The van der Waals surface area contributed by atoms with Crippen LogP contribution in [0.4, 0.5) is 5.69 Å². The molecule has 5 nitrogen and oxygen atoms in total. The average Bonchev–Trinajstić information content (AvgIpc) is 3.21. The van der Waals surface area contributed by atoms with Crippen LogP contribution in [0.15, 0.2) is 29.3 Å². The quantitative estimate of drug-likeness (QED) is 0.652. The molecule has 2 aliphatic heterocycles. The summed E-state index contributed by atoms with van der Waals surface area (Å²) in [5.74, 6) is 1.68. The van der Waals surface area contributed by atoms with Crippen LogP contribution in [-0.4, -0.2) is 63.7 Å². The summed E-state index contributed by atoms with van der Waals surface area (Å²) in [6.45, 7) is 7.69. The lowest BCUT2D eigenvalue weighted by atomic mass is 10.1. The fourth-order valence-corrected chi connectivity index (χ4v) is 3.69. The maximum atomic E-state index is 4.40. The summed E-state index contributed by atoms with van der Waals surface area (Å²) < 4.78 is 0. The molecule has 2 atom stereocenters. The zero-order valence-corrected chi connectivity index (χ0v) is 15.3. The summed E-state index contributed by atoms with van der Waals surface area (Å²) in [6, 6.07) is 9.29. The van der Waals surface area contributed by atoms with Gasteiger partial charge in [-0.1, -0.05) is 17.7 Å². The molecular formula is C19H31N5. The Balaban J connectivity index is 1.46. The van der Waals surface area contributed by atoms with Crippen molar-refractivity contribution in [2.45, 2.75) is 25.8 Å². The Kier molecular flexibility index (Phi) is 5.61. The van der Waals surface area contributed by atoms with Crippen molar-refractivity contribution in [1.29, 1.82) is 0 Å². The standard InChI is InChI=1S/C19H31N5/c1-15-4-6-18(7-5-15)24-11-9-17(14-24)22-19(20-2)21-12-16-8-10-23(3)13-16/h4-7,16-17H,8-14H2,1-3H3,(H2,20,21,22). The summed E-state index contributed by atoms with van der Waals surface area (Å²) in [7, 11) is 4.06. The van der Waals surface area contributed by atoms with Crippen molar-refractivity contribution in [2.24, 2.45) is 10.9 Å². The number of aryl methyl sites for hydroxylation is 1. The smallest absolute Gasteiger partial charge is 0.191 e. The highest BCUT2D eigenvalue weighted by molar-refractivity contribution is 5.80. The number of benzene rings is 1. The third-order valence-electron chi connectivity index (χ3n) is 5.20. The zero-order chi connectivity index (χ0) is 16.9. The largest absolute Gasteiger partial charge is 0.369 e. The Bertz CT molecular complexity index is 553. The van der Waals surface area contributed by atoms with Gasteiger partial charge in [0.05, 0.1) is 0 Å². The molecule has 0 spiro atoms. The maximum absolute atomic E-state index is 4.40. The van der Waals surface area contributed by atoms with E-state index in [1.807, 2.05) is 7.05 Å². The van der Waals surface area contributed by atoms with E-state index in [2.05, 4.69) is 63.7 Å². The highest BCUT2D eigenvalue weighted by Crippen LogP contribution is 2.20. The van der Waals surface area contributed by atoms with Crippen molar-refractivity contribution in [1.82, 2.24) is 15.5 Å². The maximum Gasteiger partial charge on any atom is 0.191 e. The average molecular weight is 329 g/mol. The lowest BCUT2D eigenvalue weighted by Crippen LogP contribution is -2.46. The Morgan fingerprint density at radius 3 is 2.62 bits per heavy atom. The number of likely N-dealkylation sites (tertiary alicyclic amines) is 1. The monoisotopic (exact) mass is 329 g/mol. The first-order valence-corrected chi connectivity index (χ1v) is 9.11. The first-order valence-electron chi connectivity index (χ1n) is 9.11. The lowest BCUT2D eigenvalue weighted by Gasteiger charge is -2.21. The van der Waals surface area contributed by atoms with Crippen LogP contribution in [0.1, 0.15) is 18.4 Å². The Labute approximate surface area is 146 Å². The van der Waals surface area contributed by atoms with Crippen LogP contribution in [0.2, 0.25) is 0 Å². The summed E-state index contributed by atoms with van der Waals surface area (Å²) in [6.07, 6.45) is 2.44. The van der Waals surface area contributed by atoms with Crippen LogP contribution in [0.25, 0.3) is 0 Å². The van der Waals surface area contributed by atoms with Crippen LogP contribution in [0.5, 0.6) is 0 Å². The summed E-state index contributed by atoms with van der Waals surface area (Å²) in [5.41, 5.74) is 2.64. The second kappa shape index (κ2) is 7.88. The van der Waals surface area contributed by atoms with Crippen LogP contribution < -0.4 is 15.5 Å². The SMILES string of the molecule is CN=C(NCC1CCN(C)C1)NC1CCN(c2ccc(C)cc2)C1. The Hall–Kier alpha value is -1.75. The van der Waals surface area contributed by atoms with Gasteiger partial charge in [0.2, 0.25) is 0 Å². The molecule has 5 heteroatoms. The predicted octanol–water partition coefficient (Wildman–Crippen LogP) is 1.69. The van der Waals surface area contributed by atoms with Gasteiger partial charge in [-0.2, -0.15) is 0 Å². The minimum absolute atomic E-state index is 0.462. The van der Waals surface area contributed by atoms with E-state index in [1.165, 1.54) is 30.8 Å².